The van der Waals surface area contributed by atoms with Crippen LogP contribution in [0.4, 0.5) is 0 Å². The molecule has 0 unspecified atom stereocenters. The molecule has 9 N–H and O–H groups in total. The molecule has 1 aromatic carbocycles. The van der Waals surface area contributed by atoms with Gasteiger partial charge in [-0.05, 0) is 37.0 Å². The van der Waals surface area contributed by atoms with E-state index in [9.17, 15) is 14.7 Å². The van der Waals surface area contributed by atoms with Crippen molar-refractivity contribution in [2.75, 3.05) is 6.54 Å². The first kappa shape index (κ1) is 19.2. The summed E-state index contributed by atoms with van der Waals surface area (Å²) >= 11 is 0. The molecule has 1 aromatic rings. The summed E-state index contributed by atoms with van der Waals surface area (Å²) in [5.74, 6) is -1.66. The highest BCUT2D eigenvalue weighted by molar-refractivity contribution is 5.87. The maximum Gasteiger partial charge on any atom is 0.326 e. The second-order valence-electron chi connectivity index (χ2n) is 5.33. The van der Waals surface area contributed by atoms with Crippen molar-refractivity contribution in [3.05, 3.63) is 29.8 Å². The van der Waals surface area contributed by atoms with Gasteiger partial charge in [0.1, 0.15) is 11.8 Å². The number of aliphatic carboxylic acids is 1. The number of carbonyl (C=O) groups is 2. The van der Waals surface area contributed by atoms with E-state index >= 15 is 0 Å². The topological polar surface area (TPSA) is 177 Å². The molecular formula is C15H23N5O4. The van der Waals surface area contributed by atoms with Crippen molar-refractivity contribution in [3.8, 4) is 5.75 Å². The Morgan fingerprint density at radius 2 is 1.83 bits per heavy atom. The number of aliphatic imine (C=N–C) groups is 1. The van der Waals surface area contributed by atoms with Crippen LogP contribution in [-0.2, 0) is 16.0 Å². The highest BCUT2D eigenvalue weighted by atomic mass is 16.4. The Balaban J connectivity index is 2.52. The average Bonchev–Trinajstić information content (AvgIpc) is 2.51. The summed E-state index contributed by atoms with van der Waals surface area (Å²) in [5.41, 5.74) is 16.9. The molecule has 0 fully saturated rings. The van der Waals surface area contributed by atoms with Gasteiger partial charge in [-0.25, -0.2) is 4.79 Å². The Hall–Kier alpha value is -2.81. The number of nitrogens with one attached hydrogen (secondary N) is 1. The van der Waals surface area contributed by atoms with Crippen LogP contribution in [0.3, 0.4) is 0 Å². The number of carbonyl (C=O) groups excluding carboxylic acids is 1. The smallest absolute Gasteiger partial charge is 0.326 e. The number of rotatable bonds is 9. The number of phenolic OH excluding ortho intramolecular Hbond substituents is 1. The lowest BCUT2D eigenvalue weighted by Crippen LogP contribution is -2.49. The number of aromatic hydroxyl groups is 1. The van der Waals surface area contributed by atoms with Crippen molar-refractivity contribution >= 4 is 17.8 Å². The molecule has 0 aliphatic heterocycles. The molecule has 0 saturated carbocycles. The van der Waals surface area contributed by atoms with Gasteiger partial charge in [-0.3, -0.25) is 9.79 Å². The molecule has 0 bridgehead atoms. The molecule has 2 atom stereocenters. The number of benzene rings is 1. The van der Waals surface area contributed by atoms with Crippen molar-refractivity contribution < 1.29 is 19.8 Å². The maximum absolute atomic E-state index is 12.1. The standard InChI is InChI=1S/C15H23N5O4/c16-11(8-9-3-5-10(21)6-4-9)13(22)20-12(14(23)24)2-1-7-19-15(17)18/h3-6,11-12,21H,1-2,7-8,16H2,(H,20,22)(H,23,24)(H4,17,18,19)/t11-,12-/m1/s1. The minimum Gasteiger partial charge on any atom is -0.508 e. The van der Waals surface area contributed by atoms with Gasteiger partial charge < -0.3 is 32.7 Å². The Morgan fingerprint density at radius 3 is 2.38 bits per heavy atom. The number of carboxylic acid groups (broad SMARTS) is 1. The Morgan fingerprint density at radius 1 is 1.21 bits per heavy atom. The van der Waals surface area contributed by atoms with Gasteiger partial charge in [0.05, 0.1) is 6.04 Å². The fourth-order valence-electron chi connectivity index (χ4n) is 2.02. The van der Waals surface area contributed by atoms with Gasteiger partial charge in [-0.2, -0.15) is 0 Å². The van der Waals surface area contributed by atoms with Crippen LogP contribution in [0.25, 0.3) is 0 Å². The van der Waals surface area contributed by atoms with Gasteiger partial charge in [-0.1, -0.05) is 12.1 Å². The predicted octanol–water partition coefficient (Wildman–Crippen LogP) is -1.11. The number of carboxylic acids is 1. The molecule has 0 radical (unpaired) electrons. The minimum atomic E-state index is -1.15. The molecule has 1 rings (SSSR count). The molecule has 0 aromatic heterocycles. The van der Waals surface area contributed by atoms with Gasteiger partial charge in [0.25, 0.3) is 0 Å². The van der Waals surface area contributed by atoms with Crippen molar-refractivity contribution in [1.82, 2.24) is 5.32 Å². The molecule has 0 heterocycles. The monoisotopic (exact) mass is 337 g/mol. The summed E-state index contributed by atoms with van der Waals surface area (Å²) in [4.78, 5) is 27.0. The van der Waals surface area contributed by atoms with E-state index in [-0.39, 0.29) is 31.1 Å². The maximum atomic E-state index is 12.1. The van der Waals surface area contributed by atoms with E-state index in [2.05, 4.69) is 10.3 Å². The van der Waals surface area contributed by atoms with Crippen LogP contribution in [0.2, 0.25) is 0 Å². The zero-order valence-corrected chi connectivity index (χ0v) is 13.2. The lowest BCUT2D eigenvalue weighted by Gasteiger charge is -2.17. The van der Waals surface area contributed by atoms with Gasteiger partial charge in [0.15, 0.2) is 5.96 Å². The fraction of sp³-hybridized carbons (Fsp3) is 0.400. The van der Waals surface area contributed by atoms with Crippen LogP contribution in [0.1, 0.15) is 18.4 Å². The highest BCUT2D eigenvalue weighted by Gasteiger charge is 2.23. The summed E-state index contributed by atoms with van der Waals surface area (Å²) in [6, 6.07) is 4.32. The Bertz CT molecular complexity index is 584. The molecule has 0 saturated heterocycles. The minimum absolute atomic E-state index is 0.0677. The molecule has 1 amide bonds. The first-order valence-corrected chi connectivity index (χ1v) is 7.41. The van der Waals surface area contributed by atoms with E-state index in [1.54, 1.807) is 12.1 Å². The molecule has 132 valence electrons. The number of phenols is 1. The Labute approximate surface area is 139 Å². The lowest BCUT2D eigenvalue weighted by atomic mass is 10.0. The summed E-state index contributed by atoms with van der Waals surface area (Å²) in [6.07, 6.45) is 0.818. The fourth-order valence-corrected chi connectivity index (χ4v) is 2.02. The van der Waals surface area contributed by atoms with Crippen molar-refractivity contribution in [3.63, 3.8) is 0 Å². The van der Waals surface area contributed by atoms with Crippen molar-refractivity contribution in [2.24, 2.45) is 22.2 Å². The quantitative estimate of drug-likeness (QED) is 0.188. The molecular weight excluding hydrogens is 314 g/mol. The van der Waals surface area contributed by atoms with E-state index in [0.717, 1.165) is 5.56 Å². The second-order valence-corrected chi connectivity index (χ2v) is 5.33. The third-order valence-electron chi connectivity index (χ3n) is 3.29. The van der Waals surface area contributed by atoms with Gasteiger partial charge in [0.2, 0.25) is 5.91 Å². The number of amides is 1. The lowest BCUT2D eigenvalue weighted by molar-refractivity contribution is -0.142. The molecule has 0 spiro atoms. The van der Waals surface area contributed by atoms with Gasteiger partial charge in [0, 0.05) is 6.54 Å². The normalized spacial score (nSPS) is 12.9. The molecule has 24 heavy (non-hydrogen) atoms. The highest BCUT2D eigenvalue weighted by Crippen LogP contribution is 2.11. The molecule has 0 aliphatic carbocycles. The van der Waals surface area contributed by atoms with Crippen LogP contribution in [0, 0.1) is 0 Å². The summed E-state index contributed by atoms with van der Waals surface area (Å²) in [5, 5.41) is 20.8. The SMILES string of the molecule is NC(N)=NCCC[C@@H](NC(=O)[C@H](N)Cc1ccc(O)cc1)C(=O)O. The molecule has 0 aliphatic rings. The number of hydrogen-bond donors (Lipinski definition) is 6. The number of guanidine groups is 1. The largest absolute Gasteiger partial charge is 0.508 e. The van der Waals surface area contributed by atoms with Crippen molar-refractivity contribution in [1.29, 1.82) is 0 Å². The van der Waals surface area contributed by atoms with Crippen LogP contribution in [0.15, 0.2) is 29.3 Å². The van der Waals surface area contributed by atoms with Crippen LogP contribution in [0.5, 0.6) is 5.75 Å². The van der Waals surface area contributed by atoms with E-state index in [1.807, 2.05) is 0 Å². The summed E-state index contributed by atoms with van der Waals surface area (Å²) < 4.78 is 0. The Kier molecular flexibility index (Phi) is 7.50. The first-order chi connectivity index (χ1) is 11.3. The van der Waals surface area contributed by atoms with E-state index in [0.29, 0.717) is 6.42 Å². The van der Waals surface area contributed by atoms with Crippen LogP contribution in [-0.4, -0.2) is 46.7 Å². The predicted molar refractivity (Wildman–Crippen MR) is 89.3 cm³/mol. The van der Waals surface area contributed by atoms with Gasteiger partial charge in [-0.15, -0.1) is 0 Å². The zero-order chi connectivity index (χ0) is 18.1. The van der Waals surface area contributed by atoms with Crippen molar-refractivity contribution in [2.45, 2.75) is 31.3 Å². The van der Waals surface area contributed by atoms with Crippen LogP contribution >= 0.6 is 0 Å². The van der Waals surface area contributed by atoms with E-state index in [4.69, 9.17) is 22.3 Å². The number of nitrogens with zero attached hydrogens (tertiary/aromatic N) is 1. The summed E-state index contributed by atoms with van der Waals surface area (Å²) in [7, 11) is 0. The zero-order valence-electron chi connectivity index (χ0n) is 13.2. The van der Waals surface area contributed by atoms with E-state index < -0.39 is 24.0 Å². The van der Waals surface area contributed by atoms with Crippen LogP contribution < -0.4 is 22.5 Å². The molecule has 9 heteroatoms. The third-order valence-corrected chi connectivity index (χ3v) is 3.29. The third kappa shape index (κ3) is 6.97. The van der Waals surface area contributed by atoms with Gasteiger partial charge >= 0.3 is 5.97 Å². The summed E-state index contributed by atoms with van der Waals surface area (Å²) in [6.45, 7) is 0.279. The van der Waals surface area contributed by atoms with E-state index in [1.165, 1.54) is 12.1 Å². The molecule has 9 nitrogen and oxygen atoms in total. The average molecular weight is 337 g/mol. The number of hydrogen-bond acceptors (Lipinski definition) is 5. The number of nitrogens with two attached hydrogens (primary N) is 3. The first-order valence-electron chi connectivity index (χ1n) is 7.41. The second kappa shape index (κ2) is 9.36.